The summed E-state index contributed by atoms with van der Waals surface area (Å²) in [7, 11) is 0. The number of benzene rings is 1. The third-order valence-electron chi connectivity index (χ3n) is 5.34. The number of aromatic nitrogens is 3. The van der Waals surface area contributed by atoms with E-state index in [4.69, 9.17) is 0 Å². The zero-order chi connectivity index (χ0) is 20.1. The fourth-order valence-corrected chi connectivity index (χ4v) is 3.94. The molecular formula is C20H21F3N4O. The summed E-state index contributed by atoms with van der Waals surface area (Å²) in [5, 5.41) is 23.1. The number of piperidine rings is 1. The van der Waals surface area contributed by atoms with Gasteiger partial charge < -0.3 is 15.0 Å². The molecule has 1 fully saturated rings. The van der Waals surface area contributed by atoms with E-state index in [1.54, 1.807) is 6.07 Å². The van der Waals surface area contributed by atoms with Crippen LogP contribution >= 0.6 is 0 Å². The lowest BCUT2D eigenvalue weighted by molar-refractivity contribution is -0.137. The Hall–Kier alpha value is -2.61. The predicted octanol–water partition coefficient (Wildman–Crippen LogP) is 4.36. The molecule has 0 bridgehead atoms. The van der Waals surface area contributed by atoms with Crippen molar-refractivity contribution in [3.63, 3.8) is 0 Å². The maximum absolute atomic E-state index is 13.0. The normalized spacial score (nSPS) is 18.0. The number of nitrogens with zero attached hydrogens (tertiary/aromatic N) is 3. The zero-order valence-electron chi connectivity index (χ0n) is 15.6. The quantitative estimate of drug-likeness (QED) is 0.682. The lowest BCUT2D eigenvalue weighted by Crippen LogP contribution is -2.31. The first-order valence-corrected chi connectivity index (χ1v) is 9.22. The molecule has 0 radical (unpaired) electrons. The third-order valence-corrected chi connectivity index (χ3v) is 5.34. The number of alkyl halides is 3. The lowest BCUT2D eigenvalue weighted by Gasteiger charge is -2.24. The summed E-state index contributed by atoms with van der Waals surface area (Å²) in [6.07, 6.45) is -0.329. The van der Waals surface area contributed by atoms with Crippen LogP contribution in [-0.2, 0) is 6.18 Å². The highest BCUT2D eigenvalue weighted by molar-refractivity contribution is 5.85. The minimum atomic E-state index is -4.52. The fourth-order valence-electron chi connectivity index (χ4n) is 3.94. The molecule has 0 unspecified atom stereocenters. The van der Waals surface area contributed by atoms with Crippen LogP contribution in [0.15, 0.2) is 24.4 Å². The summed E-state index contributed by atoms with van der Waals surface area (Å²) in [4.78, 5) is 0. The van der Waals surface area contributed by atoms with Crippen LogP contribution < -0.4 is 5.32 Å². The molecule has 1 aromatic carbocycles. The molecule has 0 saturated carbocycles. The van der Waals surface area contributed by atoms with Gasteiger partial charge in [-0.2, -0.15) is 13.2 Å². The average molecular weight is 390 g/mol. The molecule has 5 nitrogen and oxygen atoms in total. The molecule has 3 heterocycles. The average Bonchev–Trinajstić information content (AvgIpc) is 2.97. The van der Waals surface area contributed by atoms with Crippen LogP contribution in [-0.4, -0.2) is 33.0 Å². The van der Waals surface area contributed by atoms with Gasteiger partial charge in [0, 0.05) is 29.7 Å². The van der Waals surface area contributed by atoms with Crippen molar-refractivity contribution in [3.05, 3.63) is 41.1 Å². The van der Waals surface area contributed by atoms with Gasteiger partial charge in [-0.15, -0.1) is 10.2 Å². The van der Waals surface area contributed by atoms with Gasteiger partial charge in [0.25, 0.3) is 0 Å². The van der Waals surface area contributed by atoms with Crippen molar-refractivity contribution in [2.75, 3.05) is 13.1 Å². The summed E-state index contributed by atoms with van der Waals surface area (Å²) < 4.78 is 41.0. The van der Waals surface area contributed by atoms with Crippen LogP contribution in [0.3, 0.4) is 0 Å². The second-order valence-electron chi connectivity index (χ2n) is 7.37. The van der Waals surface area contributed by atoms with E-state index in [0.29, 0.717) is 17.3 Å². The first-order chi connectivity index (χ1) is 13.3. The Balaban J connectivity index is 1.80. The van der Waals surface area contributed by atoms with Gasteiger partial charge in [0.2, 0.25) is 0 Å². The largest absolute Gasteiger partial charge is 0.507 e. The molecule has 0 amide bonds. The summed E-state index contributed by atoms with van der Waals surface area (Å²) in [6, 6.07) is 3.85. The van der Waals surface area contributed by atoms with Crippen molar-refractivity contribution in [2.24, 2.45) is 0 Å². The molecule has 1 aliphatic heterocycles. The highest BCUT2D eigenvalue weighted by Gasteiger charge is 2.32. The third kappa shape index (κ3) is 3.22. The van der Waals surface area contributed by atoms with Crippen molar-refractivity contribution in [1.29, 1.82) is 0 Å². The molecule has 0 aliphatic carbocycles. The highest BCUT2D eigenvalue weighted by Crippen LogP contribution is 2.39. The maximum atomic E-state index is 13.0. The van der Waals surface area contributed by atoms with Crippen LogP contribution in [0.2, 0.25) is 0 Å². The van der Waals surface area contributed by atoms with Crippen molar-refractivity contribution < 1.29 is 18.3 Å². The second-order valence-corrected chi connectivity index (χ2v) is 7.37. The van der Waals surface area contributed by atoms with Crippen molar-refractivity contribution >= 4 is 11.0 Å². The highest BCUT2D eigenvalue weighted by atomic mass is 19.4. The number of halogens is 3. The second kappa shape index (κ2) is 6.77. The van der Waals surface area contributed by atoms with Crippen molar-refractivity contribution in [3.8, 4) is 17.0 Å². The summed E-state index contributed by atoms with van der Waals surface area (Å²) in [5.41, 5.74) is 1.81. The van der Waals surface area contributed by atoms with Gasteiger partial charge >= 0.3 is 6.18 Å². The summed E-state index contributed by atoms with van der Waals surface area (Å²) >= 11 is 0. The van der Waals surface area contributed by atoms with Gasteiger partial charge in [-0.05, 0) is 62.6 Å². The topological polar surface area (TPSA) is 63.0 Å². The van der Waals surface area contributed by atoms with E-state index in [9.17, 15) is 18.3 Å². The van der Waals surface area contributed by atoms with Crippen LogP contribution in [0.5, 0.6) is 5.75 Å². The number of phenols is 1. The SMILES string of the molecule is Cc1cc(C(F)(F)F)cc(O)c1-c1cc2c(C)cn([C@@H]3CCCNC3)c2nn1. The van der Waals surface area contributed by atoms with Gasteiger partial charge in [0.05, 0.1) is 11.3 Å². The van der Waals surface area contributed by atoms with E-state index in [1.165, 1.54) is 6.92 Å². The molecule has 28 heavy (non-hydrogen) atoms. The van der Waals surface area contributed by atoms with Crippen molar-refractivity contribution in [1.82, 2.24) is 20.1 Å². The monoisotopic (exact) mass is 390 g/mol. The number of phenolic OH excluding ortho intramolecular Hbond substituents is 1. The molecule has 148 valence electrons. The van der Waals surface area contributed by atoms with Gasteiger partial charge in [0.15, 0.2) is 5.65 Å². The number of hydrogen-bond donors (Lipinski definition) is 2. The fraction of sp³-hybridized carbons (Fsp3) is 0.400. The Labute approximate surface area is 160 Å². The molecule has 1 aliphatic rings. The first-order valence-electron chi connectivity index (χ1n) is 9.22. The van der Waals surface area contributed by atoms with E-state index >= 15 is 0 Å². The summed E-state index contributed by atoms with van der Waals surface area (Å²) in [6.45, 7) is 5.38. The molecular weight excluding hydrogens is 369 g/mol. The van der Waals surface area contributed by atoms with Gasteiger partial charge in [-0.25, -0.2) is 0 Å². The minimum absolute atomic E-state index is 0.272. The molecule has 1 atom stereocenters. The smallest absolute Gasteiger partial charge is 0.416 e. The standard InChI is InChI=1S/C20H21F3N4O/c1-11-6-13(20(21,22)23)7-17(28)18(11)16-8-15-12(2)10-27(19(15)26-25-16)14-4-3-5-24-9-14/h6-8,10,14,24,28H,3-5,9H2,1-2H3/t14-/m1/s1. The first kappa shape index (κ1) is 18.7. The lowest BCUT2D eigenvalue weighted by atomic mass is 10.00. The summed E-state index contributed by atoms with van der Waals surface area (Å²) in [5.74, 6) is -0.449. The van der Waals surface area contributed by atoms with E-state index in [2.05, 4.69) is 20.1 Å². The van der Waals surface area contributed by atoms with Crippen LogP contribution in [0.1, 0.15) is 35.6 Å². The van der Waals surface area contributed by atoms with Crippen LogP contribution in [0.4, 0.5) is 13.2 Å². The molecule has 0 spiro atoms. The number of rotatable bonds is 2. The van der Waals surface area contributed by atoms with Gasteiger partial charge in [-0.3, -0.25) is 0 Å². The van der Waals surface area contributed by atoms with E-state index in [-0.39, 0.29) is 5.56 Å². The molecule has 3 aromatic rings. The number of hydrogen-bond acceptors (Lipinski definition) is 4. The maximum Gasteiger partial charge on any atom is 0.416 e. The van der Waals surface area contributed by atoms with E-state index < -0.39 is 17.5 Å². The zero-order valence-corrected chi connectivity index (χ0v) is 15.6. The predicted molar refractivity (Wildman–Crippen MR) is 100 cm³/mol. The number of aromatic hydroxyl groups is 1. The Morgan fingerprint density at radius 1 is 1.14 bits per heavy atom. The molecule has 2 N–H and O–H groups in total. The number of nitrogens with one attached hydrogen (secondary N) is 1. The van der Waals surface area contributed by atoms with E-state index in [1.807, 2.05) is 13.1 Å². The molecule has 2 aromatic heterocycles. The molecule has 4 rings (SSSR count). The van der Waals surface area contributed by atoms with Crippen LogP contribution in [0, 0.1) is 13.8 Å². The minimum Gasteiger partial charge on any atom is -0.507 e. The Kier molecular flexibility index (Phi) is 4.53. The van der Waals surface area contributed by atoms with E-state index in [0.717, 1.165) is 54.7 Å². The number of aryl methyl sites for hydroxylation is 2. The van der Waals surface area contributed by atoms with Crippen LogP contribution in [0.25, 0.3) is 22.3 Å². The Morgan fingerprint density at radius 2 is 1.93 bits per heavy atom. The molecule has 1 saturated heterocycles. The Morgan fingerprint density at radius 3 is 2.57 bits per heavy atom. The van der Waals surface area contributed by atoms with Gasteiger partial charge in [0.1, 0.15) is 5.75 Å². The van der Waals surface area contributed by atoms with Gasteiger partial charge in [-0.1, -0.05) is 0 Å². The Bertz CT molecular complexity index is 1010. The number of fused-ring (bicyclic) bond motifs is 1. The molecule has 8 heteroatoms. The van der Waals surface area contributed by atoms with Crippen molar-refractivity contribution in [2.45, 2.75) is 38.9 Å².